The molecule has 9 heteroatoms. The first-order valence-electron chi connectivity index (χ1n) is 5.40. The fraction of sp³-hybridized carbons (Fsp3) is 0.364. The molecule has 20 heavy (non-hydrogen) atoms. The van der Waals surface area contributed by atoms with Gasteiger partial charge in [-0.1, -0.05) is 11.6 Å². The molecule has 0 fully saturated rings. The van der Waals surface area contributed by atoms with Crippen molar-refractivity contribution in [3.8, 4) is 0 Å². The molecule has 1 rings (SSSR count). The Balaban J connectivity index is 3.31. The number of hydrogen-bond acceptors (Lipinski definition) is 3. The fourth-order valence-corrected chi connectivity index (χ4v) is 2.38. The molecule has 5 nitrogen and oxygen atoms in total. The zero-order chi connectivity index (χ0) is 15.7. The van der Waals surface area contributed by atoms with Gasteiger partial charge in [0.25, 0.3) is 12.3 Å². The van der Waals surface area contributed by atoms with E-state index in [9.17, 15) is 22.0 Å². The molecule has 0 heterocycles. The van der Waals surface area contributed by atoms with Gasteiger partial charge >= 0.3 is 0 Å². The number of alkyl halides is 2. The van der Waals surface area contributed by atoms with Gasteiger partial charge in [-0.3, -0.25) is 4.79 Å². The van der Waals surface area contributed by atoms with Gasteiger partial charge in [-0.2, -0.15) is 0 Å². The first-order valence-corrected chi connectivity index (χ1v) is 7.33. The molecule has 0 aromatic heterocycles. The van der Waals surface area contributed by atoms with Crippen molar-refractivity contribution in [1.29, 1.82) is 0 Å². The summed E-state index contributed by atoms with van der Waals surface area (Å²) in [5.74, 6) is -0.754. The van der Waals surface area contributed by atoms with Gasteiger partial charge in [0.15, 0.2) is 0 Å². The number of primary sulfonamides is 1. The number of halogens is 3. The van der Waals surface area contributed by atoms with Gasteiger partial charge in [0, 0.05) is 17.6 Å². The maximum atomic E-state index is 12.3. The van der Waals surface area contributed by atoms with E-state index in [2.05, 4.69) is 0 Å². The number of rotatable bonds is 4. The topological polar surface area (TPSA) is 80.5 Å². The molecule has 2 N–H and O–H groups in total. The van der Waals surface area contributed by atoms with Crippen LogP contribution in [0.4, 0.5) is 8.78 Å². The van der Waals surface area contributed by atoms with Crippen LogP contribution < -0.4 is 5.14 Å². The fourth-order valence-electron chi connectivity index (χ4n) is 1.54. The lowest BCUT2D eigenvalue weighted by molar-refractivity contribution is 0.0619. The summed E-state index contributed by atoms with van der Waals surface area (Å²) in [6.45, 7) is 0.716. The number of hydrogen-bond donors (Lipinski definition) is 1. The molecule has 0 radical (unpaired) electrons. The van der Waals surface area contributed by atoms with Gasteiger partial charge in [0.2, 0.25) is 10.0 Å². The third-order valence-electron chi connectivity index (χ3n) is 2.64. The molecule has 0 bridgehead atoms. The highest BCUT2D eigenvalue weighted by molar-refractivity contribution is 7.89. The standard InChI is InChI=1S/C11H13ClF2N2O3S/c1-6-8(11(17)16(2)5-10(13)14)3-7(4-9(6)12)20(15,18)19/h3-4,10H,5H2,1-2H3,(H2,15,18,19). The van der Waals surface area contributed by atoms with Gasteiger partial charge in [-0.15, -0.1) is 0 Å². The van der Waals surface area contributed by atoms with Crippen LogP contribution in [0.1, 0.15) is 15.9 Å². The molecule has 1 aromatic rings. The van der Waals surface area contributed by atoms with E-state index in [1.807, 2.05) is 0 Å². The molecule has 0 saturated heterocycles. The Bertz CT molecular complexity index is 635. The molecule has 0 aliphatic rings. The van der Waals surface area contributed by atoms with Crippen LogP contribution in [-0.2, 0) is 10.0 Å². The van der Waals surface area contributed by atoms with Crippen LogP contribution in [0.15, 0.2) is 17.0 Å². The first kappa shape index (κ1) is 16.8. The maximum Gasteiger partial charge on any atom is 0.255 e. The molecule has 112 valence electrons. The lowest BCUT2D eigenvalue weighted by Gasteiger charge is -2.18. The van der Waals surface area contributed by atoms with Crippen molar-refractivity contribution in [3.63, 3.8) is 0 Å². The van der Waals surface area contributed by atoms with Crippen molar-refractivity contribution < 1.29 is 22.0 Å². The van der Waals surface area contributed by atoms with Gasteiger partial charge in [0.05, 0.1) is 11.4 Å². The van der Waals surface area contributed by atoms with E-state index < -0.39 is 28.9 Å². The minimum atomic E-state index is -4.05. The minimum absolute atomic E-state index is 0.0188. The summed E-state index contributed by atoms with van der Waals surface area (Å²) < 4.78 is 47.1. The second kappa shape index (κ2) is 6.02. The molecule has 1 amide bonds. The Labute approximate surface area is 120 Å². The van der Waals surface area contributed by atoms with Crippen LogP contribution in [0.2, 0.25) is 5.02 Å². The highest BCUT2D eigenvalue weighted by atomic mass is 35.5. The summed E-state index contributed by atoms with van der Waals surface area (Å²) in [6, 6.07) is 2.14. The van der Waals surface area contributed by atoms with Crippen molar-refractivity contribution in [1.82, 2.24) is 4.90 Å². The average Bonchev–Trinajstić information content (AvgIpc) is 2.29. The smallest absolute Gasteiger partial charge is 0.255 e. The molecule has 0 unspecified atom stereocenters. The summed E-state index contributed by atoms with van der Waals surface area (Å²) in [6.07, 6.45) is -2.69. The van der Waals surface area contributed by atoms with E-state index in [0.717, 1.165) is 17.0 Å². The Morgan fingerprint density at radius 1 is 1.45 bits per heavy atom. The highest BCUT2D eigenvalue weighted by Gasteiger charge is 2.21. The zero-order valence-corrected chi connectivity index (χ0v) is 12.3. The van der Waals surface area contributed by atoms with Crippen molar-refractivity contribution >= 4 is 27.5 Å². The SMILES string of the molecule is Cc1c(Cl)cc(S(N)(=O)=O)cc1C(=O)N(C)CC(F)F. The number of sulfonamides is 1. The van der Waals surface area contributed by atoms with Crippen LogP contribution in [0.5, 0.6) is 0 Å². The third-order valence-corrected chi connectivity index (χ3v) is 3.92. The minimum Gasteiger partial charge on any atom is -0.336 e. The van der Waals surface area contributed by atoms with Crippen LogP contribution >= 0.6 is 11.6 Å². The summed E-state index contributed by atoms with van der Waals surface area (Å²) in [5, 5.41) is 4.99. The van der Waals surface area contributed by atoms with Crippen molar-refractivity contribution in [2.24, 2.45) is 5.14 Å². The molecule has 0 aliphatic carbocycles. The van der Waals surface area contributed by atoms with Gasteiger partial charge in [-0.25, -0.2) is 22.3 Å². The van der Waals surface area contributed by atoms with Crippen LogP contribution in [0.25, 0.3) is 0 Å². The summed E-state index contributed by atoms with van der Waals surface area (Å²) in [7, 11) is -2.86. The molecular weight excluding hydrogens is 314 g/mol. The molecule has 0 aliphatic heterocycles. The van der Waals surface area contributed by atoms with Crippen LogP contribution in [0.3, 0.4) is 0 Å². The van der Waals surface area contributed by atoms with Crippen LogP contribution in [0, 0.1) is 6.92 Å². The summed E-state index contributed by atoms with van der Waals surface area (Å²) in [4.78, 5) is 12.5. The van der Waals surface area contributed by atoms with Gasteiger partial charge < -0.3 is 4.90 Å². The molecule has 0 spiro atoms. The lowest BCUT2D eigenvalue weighted by Crippen LogP contribution is -2.32. The molecular formula is C11H13ClF2N2O3S. The van der Waals surface area contributed by atoms with E-state index in [4.69, 9.17) is 16.7 Å². The largest absolute Gasteiger partial charge is 0.336 e. The summed E-state index contributed by atoms with van der Waals surface area (Å²) >= 11 is 5.84. The maximum absolute atomic E-state index is 12.3. The Kier molecular flexibility index (Phi) is 5.06. The molecule has 0 saturated carbocycles. The van der Waals surface area contributed by atoms with E-state index in [0.29, 0.717) is 5.56 Å². The predicted molar refractivity (Wildman–Crippen MR) is 70.5 cm³/mol. The predicted octanol–water partition coefficient (Wildman–Crippen LogP) is 1.63. The number of carbonyl (C=O) groups excluding carboxylic acids is 1. The van der Waals surface area contributed by atoms with Gasteiger partial charge in [0.1, 0.15) is 0 Å². The third kappa shape index (κ3) is 3.87. The quantitative estimate of drug-likeness (QED) is 0.913. The molecule has 1 aromatic carbocycles. The first-order chi connectivity index (χ1) is 9.04. The Morgan fingerprint density at radius 2 is 2.00 bits per heavy atom. The average molecular weight is 327 g/mol. The normalized spacial score (nSPS) is 11.8. The number of benzene rings is 1. The number of carbonyl (C=O) groups is 1. The summed E-state index contributed by atoms with van der Waals surface area (Å²) in [5.41, 5.74) is 0.217. The molecule has 0 atom stereocenters. The highest BCUT2D eigenvalue weighted by Crippen LogP contribution is 2.25. The van der Waals surface area contributed by atoms with E-state index in [1.165, 1.54) is 14.0 Å². The van der Waals surface area contributed by atoms with E-state index in [1.54, 1.807) is 0 Å². The van der Waals surface area contributed by atoms with Gasteiger partial charge in [-0.05, 0) is 24.6 Å². The second-order valence-corrected chi connectivity index (χ2v) is 6.17. The van der Waals surface area contributed by atoms with Crippen molar-refractivity contribution in [2.45, 2.75) is 18.2 Å². The Hall–Kier alpha value is -1.25. The monoisotopic (exact) mass is 326 g/mol. The van der Waals surface area contributed by atoms with E-state index >= 15 is 0 Å². The van der Waals surface area contributed by atoms with Crippen molar-refractivity contribution in [2.75, 3.05) is 13.6 Å². The second-order valence-electron chi connectivity index (χ2n) is 4.20. The zero-order valence-electron chi connectivity index (χ0n) is 10.7. The lowest BCUT2D eigenvalue weighted by atomic mass is 10.1. The number of amides is 1. The van der Waals surface area contributed by atoms with Crippen molar-refractivity contribution in [3.05, 3.63) is 28.3 Å². The van der Waals surface area contributed by atoms with Crippen LogP contribution in [-0.4, -0.2) is 39.2 Å². The Morgan fingerprint density at radius 3 is 2.45 bits per heavy atom. The van der Waals surface area contributed by atoms with E-state index in [-0.39, 0.29) is 15.5 Å². The number of nitrogens with two attached hydrogens (primary N) is 1. The number of nitrogens with zero attached hydrogens (tertiary/aromatic N) is 1.